The fourth-order valence-electron chi connectivity index (χ4n) is 3.56. The van der Waals surface area contributed by atoms with Crippen LogP contribution in [0, 0.1) is 6.92 Å². The number of benzene rings is 1. The van der Waals surface area contributed by atoms with E-state index in [0.29, 0.717) is 17.8 Å². The summed E-state index contributed by atoms with van der Waals surface area (Å²) in [6, 6.07) is 16.5. The van der Waals surface area contributed by atoms with Gasteiger partial charge in [-0.15, -0.1) is 0 Å². The van der Waals surface area contributed by atoms with Gasteiger partial charge in [0.25, 0.3) is 0 Å². The molecule has 2 aromatic heterocycles. The van der Waals surface area contributed by atoms with E-state index in [1.165, 1.54) is 5.56 Å². The lowest BCUT2D eigenvalue weighted by atomic mass is 10.1. The second kappa shape index (κ2) is 10.2. The first kappa shape index (κ1) is 21.1. The van der Waals surface area contributed by atoms with E-state index in [2.05, 4.69) is 56.7 Å². The zero-order valence-corrected chi connectivity index (χ0v) is 18.4. The van der Waals surface area contributed by atoms with Crippen LogP contribution < -0.4 is 20.3 Å². The fraction of sp³-hybridized carbons (Fsp3) is 0.292. The van der Waals surface area contributed by atoms with Gasteiger partial charge in [0, 0.05) is 37.6 Å². The molecule has 0 unspecified atom stereocenters. The van der Waals surface area contributed by atoms with Crippen molar-refractivity contribution in [1.29, 1.82) is 0 Å². The van der Waals surface area contributed by atoms with Gasteiger partial charge >= 0.3 is 0 Å². The maximum absolute atomic E-state index is 5.98. The Balaban J connectivity index is 1.26. The Bertz CT molecular complexity index is 988. The van der Waals surface area contributed by atoms with Crippen LogP contribution in [0.3, 0.4) is 0 Å². The number of hydrogen-bond acceptors (Lipinski definition) is 5. The summed E-state index contributed by atoms with van der Waals surface area (Å²) < 4.78 is 5.98. The molecule has 3 heterocycles. The van der Waals surface area contributed by atoms with Crippen LogP contribution >= 0.6 is 12.2 Å². The number of anilines is 2. The van der Waals surface area contributed by atoms with Crippen molar-refractivity contribution in [3.8, 4) is 5.75 Å². The molecule has 3 aromatic rings. The minimum atomic E-state index is 0.342. The van der Waals surface area contributed by atoms with Gasteiger partial charge in [-0.25, -0.2) is 4.98 Å². The van der Waals surface area contributed by atoms with Gasteiger partial charge in [0.05, 0.1) is 11.9 Å². The van der Waals surface area contributed by atoms with Gasteiger partial charge < -0.3 is 20.3 Å². The van der Waals surface area contributed by atoms with E-state index in [4.69, 9.17) is 17.0 Å². The van der Waals surface area contributed by atoms with Crippen LogP contribution in [0.25, 0.3) is 0 Å². The number of rotatable bonds is 6. The molecule has 1 fully saturated rings. The van der Waals surface area contributed by atoms with Crippen LogP contribution in [0.4, 0.5) is 11.5 Å². The molecule has 6 nitrogen and oxygen atoms in total. The lowest BCUT2D eigenvalue weighted by Gasteiger charge is -2.33. The summed E-state index contributed by atoms with van der Waals surface area (Å²) in [6.07, 6.45) is 7.30. The third-order valence-electron chi connectivity index (χ3n) is 5.32. The van der Waals surface area contributed by atoms with Gasteiger partial charge in [0.15, 0.2) is 5.11 Å². The van der Waals surface area contributed by atoms with Crippen LogP contribution in [-0.2, 0) is 6.61 Å². The fourth-order valence-corrected chi connectivity index (χ4v) is 3.84. The lowest BCUT2D eigenvalue weighted by Crippen LogP contribution is -2.46. The van der Waals surface area contributed by atoms with Crippen LogP contribution in [0.2, 0.25) is 0 Å². The molecule has 0 spiro atoms. The predicted octanol–water partition coefficient (Wildman–Crippen LogP) is 4.32. The molecule has 1 aromatic carbocycles. The molecule has 0 radical (unpaired) electrons. The first-order valence-corrected chi connectivity index (χ1v) is 10.9. The number of nitrogens with zero attached hydrogens (tertiary/aromatic N) is 3. The van der Waals surface area contributed by atoms with Crippen LogP contribution in [0.15, 0.2) is 67.1 Å². The molecule has 1 aliphatic rings. The SMILES string of the molecule is Cc1ccc(COc2ccnc(N3CCC(NC(=S)Nc4cccnc4)CC3)c2)cc1. The summed E-state index contributed by atoms with van der Waals surface area (Å²) >= 11 is 5.44. The number of pyridine rings is 2. The highest BCUT2D eigenvalue weighted by molar-refractivity contribution is 7.80. The smallest absolute Gasteiger partial charge is 0.171 e. The van der Waals surface area contributed by atoms with E-state index in [1.807, 2.05) is 30.5 Å². The summed E-state index contributed by atoms with van der Waals surface area (Å²) in [5.74, 6) is 1.79. The second-order valence-electron chi connectivity index (χ2n) is 7.73. The van der Waals surface area contributed by atoms with Crippen molar-refractivity contribution in [1.82, 2.24) is 15.3 Å². The molecule has 160 valence electrons. The Hall–Kier alpha value is -3.19. The Morgan fingerprint density at radius 1 is 1.13 bits per heavy atom. The molecule has 31 heavy (non-hydrogen) atoms. The summed E-state index contributed by atoms with van der Waals surface area (Å²) in [6.45, 7) is 4.48. The molecular weight excluding hydrogens is 406 g/mol. The molecule has 1 aliphatic heterocycles. The topological polar surface area (TPSA) is 62.3 Å². The molecule has 1 saturated heterocycles. The number of hydrogen-bond donors (Lipinski definition) is 2. The Kier molecular flexibility index (Phi) is 6.94. The minimum absolute atomic E-state index is 0.342. The molecule has 0 bridgehead atoms. The van der Waals surface area contributed by atoms with Crippen molar-refractivity contribution in [3.63, 3.8) is 0 Å². The molecule has 0 aliphatic carbocycles. The van der Waals surface area contributed by atoms with Gasteiger partial charge in [-0.3, -0.25) is 4.98 Å². The van der Waals surface area contributed by atoms with Crippen LogP contribution in [-0.4, -0.2) is 34.2 Å². The normalized spacial score (nSPS) is 14.2. The van der Waals surface area contributed by atoms with Crippen LogP contribution in [0.5, 0.6) is 5.75 Å². The Morgan fingerprint density at radius 3 is 2.68 bits per heavy atom. The zero-order valence-electron chi connectivity index (χ0n) is 17.6. The van der Waals surface area contributed by atoms with E-state index in [1.54, 1.807) is 12.4 Å². The van der Waals surface area contributed by atoms with Gasteiger partial charge in [0.1, 0.15) is 18.2 Å². The number of aryl methyl sites for hydroxylation is 1. The third-order valence-corrected chi connectivity index (χ3v) is 5.54. The number of aromatic nitrogens is 2. The highest BCUT2D eigenvalue weighted by atomic mass is 32.1. The minimum Gasteiger partial charge on any atom is -0.489 e. The molecule has 0 atom stereocenters. The maximum Gasteiger partial charge on any atom is 0.171 e. The van der Waals surface area contributed by atoms with Crippen molar-refractivity contribution < 1.29 is 4.74 Å². The van der Waals surface area contributed by atoms with E-state index >= 15 is 0 Å². The standard InChI is InChI=1S/C24H27N5OS/c1-18-4-6-19(7-5-18)17-30-22-8-12-26-23(15-22)29-13-9-20(10-14-29)27-24(31)28-21-3-2-11-25-16-21/h2-8,11-12,15-16,20H,9-10,13-14,17H2,1H3,(H2,27,28,31). The van der Waals surface area contributed by atoms with Gasteiger partial charge in [-0.1, -0.05) is 29.8 Å². The van der Waals surface area contributed by atoms with Gasteiger partial charge in [-0.05, 0) is 55.7 Å². The third kappa shape index (κ3) is 6.15. The van der Waals surface area contributed by atoms with Gasteiger partial charge in [-0.2, -0.15) is 0 Å². The highest BCUT2D eigenvalue weighted by Gasteiger charge is 2.21. The Labute approximate surface area is 188 Å². The largest absolute Gasteiger partial charge is 0.489 e. The monoisotopic (exact) mass is 433 g/mol. The molecule has 0 saturated carbocycles. The molecular formula is C24H27N5OS. The van der Waals surface area contributed by atoms with Crippen molar-refractivity contribution in [2.45, 2.75) is 32.4 Å². The van der Waals surface area contributed by atoms with E-state index in [-0.39, 0.29) is 0 Å². The zero-order chi connectivity index (χ0) is 21.5. The summed E-state index contributed by atoms with van der Waals surface area (Å²) in [5.41, 5.74) is 3.30. The summed E-state index contributed by atoms with van der Waals surface area (Å²) in [7, 11) is 0. The number of nitrogens with one attached hydrogen (secondary N) is 2. The maximum atomic E-state index is 5.98. The van der Waals surface area contributed by atoms with Crippen molar-refractivity contribution >= 4 is 28.8 Å². The summed E-state index contributed by atoms with van der Waals surface area (Å²) in [5, 5.41) is 7.23. The molecule has 4 rings (SSSR count). The van der Waals surface area contributed by atoms with Crippen molar-refractivity contribution in [2.24, 2.45) is 0 Å². The number of ether oxygens (including phenoxy) is 1. The second-order valence-corrected chi connectivity index (χ2v) is 8.13. The van der Waals surface area contributed by atoms with E-state index in [9.17, 15) is 0 Å². The number of piperidine rings is 1. The molecule has 2 N–H and O–H groups in total. The van der Waals surface area contributed by atoms with E-state index in [0.717, 1.165) is 48.7 Å². The quantitative estimate of drug-likeness (QED) is 0.562. The summed E-state index contributed by atoms with van der Waals surface area (Å²) in [4.78, 5) is 10.9. The highest BCUT2D eigenvalue weighted by Crippen LogP contribution is 2.23. The lowest BCUT2D eigenvalue weighted by molar-refractivity contribution is 0.306. The van der Waals surface area contributed by atoms with Gasteiger partial charge in [0.2, 0.25) is 0 Å². The Morgan fingerprint density at radius 2 is 1.94 bits per heavy atom. The van der Waals surface area contributed by atoms with Crippen molar-refractivity contribution in [2.75, 3.05) is 23.3 Å². The predicted molar refractivity (Wildman–Crippen MR) is 129 cm³/mol. The van der Waals surface area contributed by atoms with E-state index < -0.39 is 0 Å². The average Bonchev–Trinajstić information content (AvgIpc) is 2.80. The molecule has 0 amide bonds. The molecule has 7 heteroatoms. The van der Waals surface area contributed by atoms with Crippen molar-refractivity contribution in [3.05, 3.63) is 78.2 Å². The van der Waals surface area contributed by atoms with Crippen LogP contribution in [0.1, 0.15) is 24.0 Å². The number of thiocarbonyl (C=S) groups is 1. The first-order valence-electron chi connectivity index (χ1n) is 10.5. The first-order chi connectivity index (χ1) is 15.2. The average molecular weight is 434 g/mol.